The second-order valence-corrected chi connectivity index (χ2v) is 20.8. The Morgan fingerprint density at radius 1 is 0.514 bits per heavy atom. The Balaban J connectivity index is -0.000000115. The Morgan fingerprint density at radius 2 is 0.703 bits per heavy atom. The molecule has 0 aromatic carbocycles. The average Bonchev–Trinajstić information content (AvgIpc) is 2.70. The van der Waals surface area contributed by atoms with Crippen molar-refractivity contribution < 1.29 is 70.3 Å². The van der Waals surface area contributed by atoms with E-state index >= 15 is 0 Å². The molecule has 0 radical (unpaired) electrons. The summed E-state index contributed by atoms with van der Waals surface area (Å²) in [6, 6.07) is 0. The fourth-order valence-corrected chi connectivity index (χ4v) is 12.7. The Bertz CT molecular complexity index is 397. The van der Waals surface area contributed by atoms with Gasteiger partial charge < -0.3 is 20.4 Å². The van der Waals surface area contributed by atoms with Crippen LogP contribution in [0, 0.1) is 0 Å². The zero-order chi connectivity index (χ0) is 29.7. The van der Waals surface area contributed by atoms with Crippen molar-refractivity contribution in [2.45, 2.75) is 167 Å². The van der Waals surface area contributed by atoms with Crippen LogP contribution in [0.2, 0.25) is 8.26 Å². The van der Waals surface area contributed by atoms with Gasteiger partial charge in [-0.05, 0) is 0 Å². The Labute approximate surface area is 249 Å². The van der Waals surface area contributed by atoms with E-state index in [1.807, 2.05) is 0 Å². The molecule has 0 aromatic heterocycles. The topological polar surface area (TPSA) is 128 Å². The molecule has 0 heterocycles. The van der Waals surface area contributed by atoms with Gasteiger partial charge in [-0.3, -0.25) is 0 Å². The number of hydrogen-bond donors (Lipinski definition) is 0. The molecule has 0 unspecified atom stereocenters. The summed E-state index contributed by atoms with van der Waals surface area (Å²) in [6.07, 6.45) is 6.43. The SMILES string of the molecule is CC(C)[O-].CC(C)[O-].CC(C)[O-].CC(C)[O-].CCCC[O][Zr](=[O])([CH2]CCC)([CH2]CCC)[O]CCCC.[Ti+4]. The molecule has 226 valence electrons. The molecule has 9 heteroatoms. The first-order chi connectivity index (χ1) is 16.5. The van der Waals surface area contributed by atoms with Crippen molar-refractivity contribution in [3.63, 3.8) is 0 Å². The van der Waals surface area contributed by atoms with Crippen LogP contribution in [0.3, 0.4) is 0 Å². The van der Waals surface area contributed by atoms with Crippen LogP contribution in [0.5, 0.6) is 0 Å². The monoisotopic (exact) mass is 650 g/mol. The van der Waals surface area contributed by atoms with Gasteiger partial charge in [0, 0.05) is 0 Å². The predicted octanol–water partition coefficient (Wildman–Crippen LogP) is 4.94. The van der Waals surface area contributed by atoms with Gasteiger partial charge in [0.1, 0.15) is 0 Å². The standard InChI is InChI=1S/2C4H9O.2C4H9.4C3H7O.O.Ti.Zr/c2*1-2-3-4-5;2*1-3-4-2;4*1-3(2)4;;;/h2*2-4H2,1H3;2*1,3-4H2,2H3;4*3H,1-2H3;;;/q2*-1;;;4*-1;;+4;+2. The molecule has 37 heavy (non-hydrogen) atoms. The van der Waals surface area contributed by atoms with E-state index < -0.39 is 44.1 Å². The molecule has 0 rings (SSSR count). The van der Waals surface area contributed by atoms with E-state index in [1.54, 1.807) is 55.4 Å². The summed E-state index contributed by atoms with van der Waals surface area (Å²) in [5, 5.41) is 38.1. The van der Waals surface area contributed by atoms with Crippen molar-refractivity contribution in [3.8, 4) is 0 Å². The van der Waals surface area contributed by atoms with Crippen LogP contribution in [0.15, 0.2) is 0 Å². The molecule has 0 aromatic rings. The summed E-state index contributed by atoms with van der Waals surface area (Å²) in [5.74, 6) is 0. The van der Waals surface area contributed by atoms with E-state index in [9.17, 15) is 23.2 Å². The second-order valence-electron chi connectivity index (χ2n) is 10.2. The summed E-state index contributed by atoms with van der Waals surface area (Å²) in [7, 11) is 0. The molecule has 7 nitrogen and oxygen atoms in total. The van der Waals surface area contributed by atoms with E-state index in [0.717, 1.165) is 51.4 Å². The van der Waals surface area contributed by atoms with E-state index in [-0.39, 0.29) is 21.7 Å². The van der Waals surface area contributed by atoms with E-state index in [0.29, 0.717) is 21.5 Å². The van der Waals surface area contributed by atoms with Gasteiger partial charge in [-0.1, -0.05) is 55.4 Å². The molecule has 0 aliphatic carbocycles. The van der Waals surface area contributed by atoms with Crippen LogP contribution in [0.4, 0.5) is 0 Å². The third-order valence-electron chi connectivity index (χ3n) is 3.87. The molecular formula is C28H64O7TiZr. The van der Waals surface area contributed by atoms with Crippen LogP contribution in [0.1, 0.15) is 134 Å². The van der Waals surface area contributed by atoms with E-state index in [1.165, 1.54) is 0 Å². The first kappa shape index (κ1) is 50.9. The molecule has 0 saturated carbocycles. The van der Waals surface area contributed by atoms with Crippen molar-refractivity contribution in [1.29, 1.82) is 0 Å². The summed E-state index contributed by atoms with van der Waals surface area (Å²) in [5.41, 5.74) is 0. The van der Waals surface area contributed by atoms with E-state index in [4.69, 9.17) is 5.63 Å². The fraction of sp³-hybridized carbons (Fsp3) is 1.00. The quantitative estimate of drug-likeness (QED) is 0.192. The first-order valence-corrected chi connectivity index (χ1v) is 20.8. The van der Waals surface area contributed by atoms with E-state index in [2.05, 4.69) is 27.7 Å². The van der Waals surface area contributed by atoms with Crippen LogP contribution in [-0.4, -0.2) is 37.6 Å². The minimum Gasteiger partial charge on any atom is 4.00 e. The zero-order valence-corrected chi connectivity index (χ0v) is 30.7. The van der Waals surface area contributed by atoms with Crippen LogP contribution < -0.4 is 20.4 Å². The van der Waals surface area contributed by atoms with Gasteiger partial charge in [-0.2, -0.15) is 0 Å². The molecule has 0 saturated heterocycles. The molecule has 0 fully saturated rings. The van der Waals surface area contributed by atoms with Gasteiger partial charge in [-0.25, -0.2) is 0 Å². The molecule has 0 N–H and O–H groups in total. The van der Waals surface area contributed by atoms with Crippen molar-refractivity contribution in [1.82, 2.24) is 0 Å². The summed E-state index contributed by atoms with van der Waals surface area (Å²) < 4.78 is 27.1. The third kappa shape index (κ3) is 62.3. The molecule has 0 atom stereocenters. The van der Waals surface area contributed by atoms with Crippen molar-refractivity contribution in [3.05, 3.63) is 0 Å². The summed E-state index contributed by atoms with van der Waals surface area (Å²) in [6.45, 7) is 22.6. The minimum absolute atomic E-state index is 0. The summed E-state index contributed by atoms with van der Waals surface area (Å²) in [4.78, 5) is 0. The normalized spacial score (nSPS) is 10.8. The Morgan fingerprint density at radius 3 is 0.865 bits per heavy atom. The maximum atomic E-state index is 13.7. The van der Waals surface area contributed by atoms with Crippen molar-refractivity contribution in [2.75, 3.05) is 13.2 Å². The smallest absolute Gasteiger partial charge is 4.00 e. The van der Waals surface area contributed by atoms with Crippen LogP contribution in [-0.2, 0) is 49.8 Å². The minimum atomic E-state index is -4.65. The van der Waals surface area contributed by atoms with Gasteiger partial charge in [0.25, 0.3) is 0 Å². The average molecular weight is 652 g/mol. The number of unbranched alkanes of at least 4 members (excludes halogenated alkanes) is 4. The molecular weight excluding hydrogens is 587 g/mol. The summed E-state index contributed by atoms with van der Waals surface area (Å²) >= 11 is -4.65. The molecule has 0 spiro atoms. The van der Waals surface area contributed by atoms with Crippen LogP contribution in [0.25, 0.3) is 0 Å². The molecule has 0 aliphatic rings. The maximum Gasteiger partial charge on any atom is 4.00 e. The molecule has 0 aliphatic heterocycles. The molecule has 0 amide bonds. The second kappa shape index (κ2) is 35.2. The predicted molar refractivity (Wildman–Crippen MR) is 142 cm³/mol. The third-order valence-corrected chi connectivity index (χ3v) is 14.5. The van der Waals surface area contributed by atoms with Gasteiger partial charge in [0.2, 0.25) is 0 Å². The zero-order valence-electron chi connectivity index (χ0n) is 26.7. The maximum absolute atomic E-state index is 13.7. The largest absolute Gasteiger partial charge is 4.00 e. The fourth-order valence-electron chi connectivity index (χ4n) is 2.38. The molecule has 0 bridgehead atoms. The van der Waals surface area contributed by atoms with Gasteiger partial charge >= 0.3 is 150 Å². The van der Waals surface area contributed by atoms with Gasteiger partial charge in [0.15, 0.2) is 0 Å². The van der Waals surface area contributed by atoms with Gasteiger partial charge in [-0.15, -0.1) is 24.4 Å². The van der Waals surface area contributed by atoms with Crippen LogP contribution >= 0.6 is 0 Å². The number of hydrogen-bond acceptors (Lipinski definition) is 7. The Hall–Kier alpha value is 1.16. The van der Waals surface area contributed by atoms with Gasteiger partial charge in [0.05, 0.1) is 0 Å². The first-order valence-electron chi connectivity index (χ1n) is 14.3. The van der Waals surface area contributed by atoms with Crippen molar-refractivity contribution >= 4 is 0 Å². The Kier molecular flexibility index (Phi) is 48.4. The number of rotatable bonds is 14. The van der Waals surface area contributed by atoms with Crippen molar-refractivity contribution in [2.24, 2.45) is 0 Å².